The molecule has 2 heterocycles. The summed E-state index contributed by atoms with van der Waals surface area (Å²) in [7, 11) is 0. The predicted molar refractivity (Wildman–Crippen MR) is 134 cm³/mol. The van der Waals surface area contributed by atoms with Gasteiger partial charge in [-0.2, -0.15) is 0 Å². The van der Waals surface area contributed by atoms with Gasteiger partial charge in [-0.1, -0.05) is 59.7 Å². The smallest absolute Gasteiger partial charge is 0.274 e. The lowest BCUT2D eigenvalue weighted by Crippen LogP contribution is -3.15. The van der Waals surface area contributed by atoms with Crippen LogP contribution in [-0.2, 0) is 10.8 Å². The number of pyridine rings is 1. The summed E-state index contributed by atoms with van der Waals surface area (Å²) in [6.45, 7) is 20.5. The minimum atomic E-state index is 0.116. The monoisotopic (exact) mass is 439 g/mol. The molecule has 0 amide bonds. The second kappa shape index (κ2) is 10.7. The number of nitrogens with zero attached hydrogens (tertiary/aromatic N) is 1. The van der Waals surface area contributed by atoms with Crippen molar-refractivity contribution in [2.75, 3.05) is 44.2 Å². The number of anilines is 1. The number of aromatic amines is 1. The Morgan fingerprint density at radius 2 is 1.69 bits per heavy atom. The van der Waals surface area contributed by atoms with Crippen molar-refractivity contribution < 1.29 is 14.6 Å². The maximum absolute atomic E-state index is 6.38. The van der Waals surface area contributed by atoms with Crippen LogP contribution in [0.1, 0.15) is 71.9 Å². The van der Waals surface area contributed by atoms with Gasteiger partial charge >= 0.3 is 0 Å². The minimum Gasteiger partial charge on any atom is -0.493 e. The van der Waals surface area contributed by atoms with Gasteiger partial charge in [-0.15, -0.1) is 0 Å². The number of H-pyrrole nitrogens is 1. The summed E-state index contributed by atoms with van der Waals surface area (Å²) in [4.78, 5) is 7.51. The van der Waals surface area contributed by atoms with Gasteiger partial charge in [0.05, 0.1) is 19.3 Å². The quantitative estimate of drug-likeness (QED) is 0.566. The van der Waals surface area contributed by atoms with Crippen molar-refractivity contribution >= 4 is 5.82 Å². The fourth-order valence-corrected chi connectivity index (χ4v) is 4.40. The molecule has 0 atom stereocenters. The van der Waals surface area contributed by atoms with Crippen molar-refractivity contribution in [2.24, 2.45) is 0 Å². The van der Waals surface area contributed by atoms with E-state index in [1.165, 1.54) is 36.6 Å². The van der Waals surface area contributed by atoms with E-state index in [-0.39, 0.29) is 10.8 Å². The summed E-state index contributed by atoms with van der Waals surface area (Å²) in [5, 5.41) is 0. The van der Waals surface area contributed by atoms with E-state index < -0.39 is 0 Å². The van der Waals surface area contributed by atoms with Crippen LogP contribution in [-0.4, -0.2) is 39.3 Å². The summed E-state index contributed by atoms with van der Waals surface area (Å²) in [5.74, 6) is 2.31. The van der Waals surface area contributed by atoms with Crippen LogP contribution in [0.5, 0.6) is 5.75 Å². The first-order valence-electron chi connectivity index (χ1n) is 12.6. The molecule has 4 heteroatoms. The maximum Gasteiger partial charge on any atom is 0.274 e. The number of benzene rings is 1. The summed E-state index contributed by atoms with van der Waals surface area (Å²) in [5.41, 5.74) is 3.09. The lowest BCUT2D eigenvalue weighted by molar-refractivity contribution is -0.900. The molecule has 0 aliphatic carbocycles. The summed E-state index contributed by atoms with van der Waals surface area (Å²) in [6.07, 6.45) is 5.35. The second-order valence-electron chi connectivity index (χ2n) is 10.6. The number of hydrogen-bond donors (Lipinski definition) is 1. The molecule has 0 saturated carbocycles. The molecule has 3 rings (SSSR count). The lowest BCUT2D eigenvalue weighted by Gasteiger charge is -2.31. The Bertz CT molecular complexity index is 839. The number of hydrogen-bond acceptors (Lipinski definition) is 2. The molecule has 1 aliphatic rings. The van der Waals surface area contributed by atoms with Gasteiger partial charge in [-0.3, -0.25) is 4.90 Å². The van der Waals surface area contributed by atoms with Crippen molar-refractivity contribution in [3.8, 4) is 5.75 Å². The molecule has 0 spiro atoms. The molecule has 1 fully saturated rings. The zero-order valence-electron chi connectivity index (χ0n) is 21.3. The lowest BCUT2D eigenvalue weighted by atomic mass is 9.76. The van der Waals surface area contributed by atoms with Crippen LogP contribution in [0.25, 0.3) is 0 Å². The van der Waals surface area contributed by atoms with Gasteiger partial charge in [0, 0.05) is 18.1 Å². The number of quaternary nitrogens is 1. The molecule has 0 unspecified atom stereocenters. The van der Waals surface area contributed by atoms with Gasteiger partial charge in [0.1, 0.15) is 31.9 Å². The SMILES string of the molecule is CCC(C)(C)c1ccc(OCCC[NH+]2CCN(c3cccc[nH+]3)CC2)c(C(C)(C)CC)c1. The zero-order chi connectivity index (χ0) is 23.2. The first-order valence-corrected chi connectivity index (χ1v) is 12.6. The molecule has 2 N–H and O–H groups in total. The van der Waals surface area contributed by atoms with Crippen LogP contribution in [0.15, 0.2) is 42.6 Å². The van der Waals surface area contributed by atoms with Gasteiger partial charge in [-0.05, 0) is 41.4 Å². The predicted octanol–water partition coefficient (Wildman–Crippen LogP) is 4.05. The first-order chi connectivity index (χ1) is 15.3. The highest BCUT2D eigenvalue weighted by Crippen LogP contribution is 2.38. The van der Waals surface area contributed by atoms with Crippen LogP contribution < -0.4 is 19.5 Å². The number of aromatic nitrogens is 1. The van der Waals surface area contributed by atoms with E-state index in [1.54, 1.807) is 4.90 Å². The normalized spacial score (nSPS) is 15.8. The molecular formula is C28H45N3O+2. The Kier molecular flexibility index (Phi) is 8.21. The average molecular weight is 440 g/mol. The van der Waals surface area contributed by atoms with E-state index in [0.29, 0.717) is 0 Å². The van der Waals surface area contributed by atoms with E-state index >= 15 is 0 Å². The fraction of sp³-hybridized carbons (Fsp3) is 0.607. The van der Waals surface area contributed by atoms with Gasteiger partial charge in [-0.25, -0.2) is 4.98 Å². The molecule has 1 aromatic heterocycles. The highest BCUT2D eigenvalue weighted by Gasteiger charge is 2.27. The van der Waals surface area contributed by atoms with Gasteiger partial charge in [0.25, 0.3) is 5.82 Å². The summed E-state index contributed by atoms with van der Waals surface area (Å²) in [6, 6.07) is 13.2. The third-order valence-corrected chi connectivity index (χ3v) is 7.69. The molecule has 0 radical (unpaired) electrons. The molecule has 1 aliphatic heterocycles. The Morgan fingerprint density at radius 3 is 2.31 bits per heavy atom. The van der Waals surface area contributed by atoms with E-state index in [4.69, 9.17) is 4.74 Å². The van der Waals surface area contributed by atoms with E-state index in [2.05, 4.69) is 81.8 Å². The van der Waals surface area contributed by atoms with Gasteiger partial charge in [0.15, 0.2) is 0 Å². The minimum absolute atomic E-state index is 0.116. The third kappa shape index (κ3) is 6.04. The molecule has 176 valence electrons. The number of ether oxygens (including phenoxy) is 1. The maximum atomic E-state index is 6.38. The molecular weight excluding hydrogens is 394 g/mol. The van der Waals surface area contributed by atoms with Gasteiger partial charge < -0.3 is 9.64 Å². The van der Waals surface area contributed by atoms with Gasteiger partial charge in [0.2, 0.25) is 0 Å². The highest BCUT2D eigenvalue weighted by atomic mass is 16.5. The third-order valence-electron chi connectivity index (χ3n) is 7.69. The van der Waals surface area contributed by atoms with E-state index in [0.717, 1.165) is 44.7 Å². The number of rotatable bonds is 10. The van der Waals surface area contributed by atoms with Crippen molar-refractivity contribution in [1.29, 1.82) is 0 Å². The van der Waals surface area contributed by atoms with Crippen LogP contribution in [0.3, 0.4) is 0 Å². The largest absolute Gasteiger partial charge is 0.493 e. The van der Waals surface area contributed by atoms with Crippen molar-refractivity contribution in [2.45, 2.75) is 71.6 Å². The Hall–Kier alpha value is -2.07. The number of nitrogens with one attached hydrogen (secondary N) is 2. The Morgan fingerprint density at radius 1 is 0.969 bits per heavy atom. The zero-order valence-corrected chi connectivity index (χ0v) is 21.3. The van der Waals surface area contributed by atoms with Crippen LogP contribution in [0.2, 0.25) is 0 Å². The van der Waals surface area contributed by atoms with Crippen LogP contribution in [0.4, 0.5) is 5.82 Å². The molecule has 0 bridgehead atoms. The van der Waals surface area contributed by atoms with Crippen molar-refractivity contribution in [1.82, 2.24) is 0 Å². The Balaban J connectivity index is 1.53. The number of piperazine rings is 1. The van der Waals surface area contributed by atoms with Crippen LogP contribution in [0, 0.1) is 0 Å². The molecule has 2 aromatic rings. The molecule has 32 heavy (non-hydrogen) atoms. The standard InChI is InChI=1S/C28H43N3O/c1-7-27(3,4)23-13-14-25(24(22-23)28(5,6)8-2)32-21-11-16-30-17-19-31(20-18-30)26-12-9-10-15-29-26/h9-10,12-15,22H,7-8,11,16-21H2,1-6H3/p+2. The highest BCUT2D eigenvalue weighted by molar-refractivity contribution is 5.44. The van der Waals surface area contributed by atoms with Crippen molar-refractivity contribution in [3.05, 3.63) is 53.7 Å². The topological polar surface area (TPSA) is 31.1 Å². The molecule has 4 nitrogen and oxygen atoms in total. The van der Waals surface area contributed by atoms with Crippen LogP contribution >= 0.6 is 0 Å². The van der Waals surface area contributed by atoms with E-state index in [9.17, 15) is 0 Å². The second-order valence-corrected chi connectivity index (χ2v) is 10.6. The first kappa shape index (κ1) is 24.6. The summed E-state index contributed by atoms with van der Waals surface area (Å²) >= 11 is 0. The molecule has 1 saturated heterocycles. The average Bonchev–Trinajstić information content (AvgIpc) is 2.82. The summed E-state index contributed by atoms with van der Waals surface area (Å²) < 4.78 is 6.38. The van der Waals surface area contributed by atoms with Crippen molar-refractivity contribution in [3.63, 3.8) is 0 Å². The van der Waals surface area contributed by atoms with E-state index in [1.807, 2.05) is 12.3 Å². The molecule has 1 aromatic carbocycles. The Labute approximate surface area is 196 Å². The fourth-order valence-electron chi connectivity index (χ4n) is 4.40.